The number of allylic oxidation sites excluding steroid dienone is 6. The first-order chi connectivity index (χ1) is 24.9. The Morgan fingerprint density at radius 2 is 1.37 bits per heavy atom. The van der Waals surface area contributed by atoms with Crippen LogP contribution in [0.1, 0.15) is 37.5 Å². The summed E-state index contributed by atoms with van der Waals surface area (Å²) in [5.41, 5.74) is 13.0. The minimum atomic E-state index is -0.330. The van der Waals surface area contributed by atoms with E-state index in [1.807, 2.05) is 0 Å². The number of rotatable bonds is 5. The molecule has 3 nitrogen and oxygen atoms in total. The second-order valence-electron chi connectivity index (χ2n) is 13.9. The van der Waals surface area contributed by atoms with Gasteiger partial charge >= 0.3 is 0 Å². The Labute approximate surface area is 298 Å². The summed E-state index contributed by atoms with van der Waals surface area (Å²) in [4.78, 5) is 10.5. The van der Waals surface area contributed by atoms with Crippen LogP contribution in [-0.2, 0) is 5.41 Å². The van der Waals surface area contributed by atoms with Gasteiger partial charge in [0.05, 0.1) is 28.1 Å². The highest BCUT2D eigenvalue weighted by Gasteiger charge is 2.39. The van der Waals surface area contributed by atoms with Crippen molar-refractivity contribution >= 4 is 61.1 Å². The number of aromatic nitrogens is 1. The zero-order valence-electron chi connectivity index (χ0n) is 29.1. The molecule has 0 bridgehead atoms. The lowest BCUT2D eigenvalue weighted by Crippen LogP contribution is -2.27. The topological polar surface area (TPSA) is 29.6 Å². The molecule has 0 saturated carbocycles. The maximum absolute atomic E-state index is 5.31. The summed E-state index contributed by atoms with van der Waals surface area (Å²) >= 11 is 0. The molecule has 0 unspecified atom stereocenters. The van der Waals surface area contributed by atoms with Crippen LogP contribution in [0.15, 0.2) is 180 Å². The predicted molar refractivity (Wildman–Crippen MR) is 218 cm³/mol. The van der Waals surface area contributed by atoms with Gasteiger partial charge < -0.3 is 0 Å². The van der Waals surface area contributed by atoms with Gasteiger partial charge in [-0.1, -0.05) is 146 Å². The molecular weight excluding hydrogens is 619 g/mol. The van der Waals surface area contributed by atoms with E-state index in [9.17, 15) is 0 Å². The van der Waals surface area contributed by atoms with E-state index in [2.05, 4.69) is 190 Å². The van der Waals surface area contributed by atoms with E-state index in [0.29, 0.717) is 5.82 Å². The fourth-order valence-electron chi connectivity index (χ4n) is 8.03. The molecule has 1 aliphatic heterocycles. The Bertz CT molecular complexity index is 2700. The van der Waals surface area contributed by atoms with E-state index in [1.165, 1.54) is 38.2 Å². The average molecular weight is 656 g/mol. The van der Waals surface area contributed by atoms with Crippen molar-refractivity contribution in [3.63, 3.8) is 0 Å². The van der Waals surface area contributed by atoms with Gasteiger partial charge in [-0.25, -0.2) is 4.99 Å². The lowest BCUT2D eigenvalue weighted by Gasteiger charge is -2.24. The van der Waals surface area contributed by atoms with Crippen LogP contribution >= 0.6 is 0 Å². The SMILES string of the molecule is C=C(/N=C1/C=CC=C/C1=C(/C)c1ccc(-c2cccc3ccccc23)cc1)n1c2ccccc2c2ccc3c(c21)C(C)(C)C(c1ccccc1)=N3. The minimum absolute atomic E-state index is 0.330. The molecular formula is C48H37N3. The van der Waals surface area contributed by atoms with Crippen LogP contribution in [0.2, 0.25) is 0 Å². The molecule has 1 aromatic heterocycles. The fraction of sp³-hybridized carbons (Fsp3) is 0.0833. The largest absolute Gasteiger partial charge is 0.294 e. The summed E-state index contributed by atoms with van der Waals surface area (Å²) in [6, 6.07) is 47.4. The molecule has 51 heavy (non-hydrogen) atoms. The number of hydrogen-bond acceptors (Lipinski definition) is 2. The zero-order valence-corrected chi connectivity index (χ0v) is 29.1. The maximum atomic E-state index is 5.31. The smallest absolute Gasteiger partial charge is 0.131 e. The van der Waals surface area contributed by atoms with Crippen LogP contribution < -0.4 is 0 Å². The summed E-state index contributed by atoms with van der Waals surface area (Å²) in [6.45, 7) is 11.4. The summed E-state index contributed by atoms with van der Waals surface area (Å²) in [5, 5.41) is 4.87. The summed E-state index contributed by atoms with van der Waals surface area (Å²) in [7, 11) is 0. The van der Waals surface area contributed by atoms with Crippen LogP contribution in [0.4, 0.5) is 5.69 Å². The molecule has 0 N–H and O–H groups in total. The molecule has 2 heterocycles. The van der Waals surface area contributed by atoms with Crippen LogP contribution in [0.5, 0.6) is 0 Å². The van der Waals surface area contributed by atoms with Gasteiger partial charge in [0, 0.05) is 27.3 Å². The molecule has 1 aliphatic carbocycles. The molecule has 0 spiro atoms. The molecule has 3 heteroatoms. The first-order valence-corrected chi connectivity index (χ1v) is 17.5. The summed E-state index contributed by atoms with van der Waals surface area (Å²) in [6.07, 6.45) is 8.39. The number of benzene rings is 6. The van der Waals surface area contributed by atoms with Gasteiger partial charge in [-0.05, 0) is 77.6 Å². The van der Waals surface area contributed by atoms with Crippen molar-refractivity contribution in [2.45, 2.75) is 26.2 Å². The molecule has 6 aromatic carbocycles. The second-order valence-corrected chi connectivity index (χ2v) is 13.9. The Morgan fingerprint density at radius 1 is 0.667 bits per heavy atom. The standard InChI is InChI=1S/C48H37N3/c1-31(33-25-27-35(28-26-33)39-22-14-18-34-15-8-9-20-38(34)39)37-19-10-12-23-42(37)49-32(2)51-44-24-13-11-21-40(44)41-29-30-43-45(46(41)51)48(3,4)47(50-43)36-16-6-5-7-17-36/h5-30H,2H2,1,3-4H3/b37-31+,49-42-. The monoisotopic (exact) mass is 655 g/mol. The molecule has 0 atom stereocenters. The van der Waals surface area contributed by atoms with Crippen molar-refractivity contribution in [2.24, 2.45) is 9.98 Å². The van der Waals surface area contributed by atoms with Crippen molar-refractivity contribution in [3.05, 3.63) is 187 Å². The van der Waals surface area contributed by atoms with Crippen molar-refractivity contribution in [1.29, 1.82) is 0 Å². The van der Waals surface area contributed by atoms with Gasteiger partial charge in [-0.2, -0.15) is 0 Å². The van der Waals surface area contributed by atoms with Crippen LogP contribution in [0.25, 0.3) is 55.1 Å². The molecule has 9 rings (SSSR count). The van der Waals surface area contributed by atoms with E-state index in [4.69, 9.17) is 9.98 Å². The van der Waals surface area contributed by atoms with E-state index >= 15 is 0 Å². The van der Waals surface area contributed by atoms with Gasteiger partial charge in [0.1, 0.15) is 5.82 Å². The molecule has 2 aliphatic rings. The van der Waals surface area contributed by atoms with Crippen molar-refractivity contribution in [2.75, 3.05) is 0 Å². The lowest BCUT2D eigenvalue weighted by atomic mass is 9.78. The number of aliphatic imine (C=N–C) groups is 2. The Kier molecular flexibility index (Phi) is 7.18. The molecule has 7 aromatic rings. The molecule has 0 fully saturated rings. The normalized spacial score (nSPS) is 16.6. The quantitative estimate of drug-likeness (QED) is 0.177. The third-order valence-electron chi connectivity index (χ3n) is 10.5. The van der Waals surface area contributed by atoms with Crippen molar-refractivity contribution < 1.29 is 0 Å². The van der Waals surface area contributed by atoms with Crippen LogP contribution in [-0.4, -0.2) is 16.0 Å². The highest BCUT2D eigenvalue weighted by atomic mass is 15.1. The third kappa shape index (κ3) is 4.96. The average Bonchev–Trinajstić information content (AvgIpc) is 3.65. The van der Waals surface area contributed by atoms with Crippen LogP contribution in [0, 0.1) is 0 Å². The summed E-state index contributed by atoms with van der Waals surface area (Å²) in [5.74, 6) is 0.671. The Morgan fingerprint density at radius 3 is 2.20 bits per heavy atom. The molecule has 0 radical (unpaired) electrons. The first-order valence-electron chi connectivity index (χ1n) is 17.5. The number of para-hydroxylation sites is 1. The predicted octanol–water partition coefficient (Wildman–Crippen LogP) is 12.5. The van der Waals surface area contributed by atoms with E-state index in [0.717, 1.165) is 50.4 Å². The Hall–Kier alpha value is -6.32. The molecule has 0 amide bonds. The number of hydrogen-bond donors (Lipinski definition) is 0. The van der Waals surface area contributed by atoms with Gasteiger partial charge in [0.15, 0.2) is 0 Å². The first kappa shape index (κ1) is 30.7. The van der Waals surface area contributed by atoms with Gasteiger partial charge in [0.2, 0.25) is 0 Å². The third-order valence-corrected chi connectivity index (χ3v) is 10.5. The van der Waals surface area contributed by atoms with Gasteiger partial charge in [-0.15, -0.1) is 0 Å². The highest BCUT2D eigenvalue weighted by Crippen LogP contribution is 2.48. The van der Waals surface area contributed by atoms with Crippen LogP contribution in [0.3, 0.4) is 0 Å². The summed E-state index contributed by atoms with van der Waals surface area (Å²) < 4.78 is 2.25. The Balaban J connectivity index is 1.14. The minimum Gasteiger partial charge on any atom is -0.294 e. The van der Waals surface area contributed by atoms with Gasteiger partial charge in [-0.3, -0.25) is 9.56 Å². The highest BCUT2D eigenvalue weighted by molar-refractivity contribution is 6.20. The van der Waals surface area contributed by atoms with Gasteiger partial charge in [0.25, 0.3) is 0 Å². The van der Waals surface area contributed by atoms with E-state index in [-0.39, 0.29) is 5.41 Å². The van der Waals surface area contributed by atoms with E-state index < -0.39 is 0 Å². The maximum Gasteiger partial charge on any atom is 0.131 e. The zero-order chi connectivity index (χ0) is 34.7. The van der Waals surface area contributed by atoms with E-state index in [1.54, 1.807) is 0 Å². The van der Waals surface area contributed by atoms with Crippen molar-refractivity contribution in [1.82, 2.24) is 4.57 Å². The molecule has 0 saturated heterocycles. The number of fused-ring (bicyclic) bond motifs is 6. The molecule has 244 valence electrons. The number of nitrogens with zero attached hydrogens (tertiary/aromatic N) is 3. The van der Waals surface area contributed by atoms with Crippen molar-refractivity contribution in [3.8, 4) is 11.1 Å². The fourth-order valence-corrected chi connectivity index (χ4v) is 8.03. The second kappa shape index (κ2) is 11.9. The lowest BCUT2D eigenvalue weighted by molar-refractivity contribution is 0.741.